The fourth-order valence-electron chi connectivity index (χ4n) is 4.82. The molecule has 1 atom stereocenters. The Balaban J connectivity index is 1.62. The standard InChI is InChI=1S/C26H28N4O/c1-30(2)21-13-7-12-20(16-21)26(19-10-4-3-5-11-19)15-14-22-23(17-26)27-28-25(22)24(29-31)18-8-6-9-18/h3-5,7,10-16,18,31H,6,8-9,17H2,1-2H3,(H,27,28)/b29-24+. The van der Waals surface area contributed by atoms with E-state index in [-0.39, 0.29) is 5.41 Å². The first-order valence-electron chi connectivity index (χ1n) is 10.9. The van der Waals surface area contributed by atoms with Gasteiger partial charge in [0.1, 0.15) is 11.4 Å². The fourth-order valence-corrected chi connectivity index (χ4v) is 4.82. The number of aromatic nitrogens is 2. The molecule has 1 heterocycles. The molecule has 0 radical (unpaired) electrons. The number of rotatable bonds is 5. The maximum absolute atomic E-state index is 9.68. The second-order valence-electron chi connectivity index (χ2n) is 8.87. The number of hydrogen-bond donors (Lipinski definition) is 2. The van der Waals surface area contributed by atoms with Gasteiger partial charge >= 0.3 is 0 Å². The van der Waals surface area contributed by atoms with Crippen molar-refractivity contribution in [2.45, 2.75) is 31.1 Å². The summed E-state index contributed by atoms with van der Waals surface area (Å²) in [5.74, 6) is 0.309. The van der Waals surface area contributed by atoms with Gasteiger partial charge in [0.2, 0.25) is 0 Å². The number of hydrogen-bond acceptors (Lipinski definition) is 4. The number of aromatic amines is 1. The summed E-state index contributed by atoms with van der Waals surface area (Å²) >= 11 is 0. The molecular formula is C26H28N4O. The van der Waals surface area contributed by atoms with Crippen LogP contribution in [0.15, 0.2) is 65.8 Å². The number of nitrogens with one attached hydrogen (secondary N) is 1. The minimum absolute atomic E-state index is 0.295. The number of H-pyrrole nitrogens is 1. The third-order valence-corrected chi connectivity index (χ3v) is 6.88. The maximum atomic E-state index is 9.68. The topological polar surface area (TPSA) is 64.5 Å². The third kappa shape index (κ3) is 3.25. The van der Waals surface area contributed by atoms with Gasteiger partial charge in [0.15, 0.2) is 0 Å². The number of benzene rings is 2. The van der Waals surface area contributed by atoms with Gasteiger partial charge in [-0.1, -0.05) is 66.2 Å². The quantitative estimate of drug-likeness (QED) is 0.352. The summed E-state index contributed by atoms with van der Waals surface area (Å²) in [5, 5.41) is 21.2. The monoisotopic (exact) mass is 412 g/mol. The van der Waals surface area contributed by atoms with E-state index >= 15 is 0 Å². The molecule has 158 valence electrons. The largest absolute Gasteiger partial charge is 0.411 e. The first-order chi connectivity index (χ1) is 15.1. The van der Waals surface area contributed by atoms with Crippen LogP contribution in [0.4, 0.5) is 5.69 Å². The molecule has 0 saturated heterocycles. The Bertz CT molecular complexity index is 1140. The summed E-state index contributed by atoms with van der Waals surface area (Å²) in [6.07, 6.45) is 8.55. The van der Waals surface area contributed by atoms with Crippen molar-refractivity contribution in [3.8, 4) is 0 Å². The van der Waals surface area contributed by atoms with Crippen molar-refractivity contribution in [3.63, 3.8) is 0 Å². The average molecular weight is 413 g/mol. The lowest BCUT2D eigenvalue weighted by atomic mass is 9.68. The van der Waals surface area contributed by atoms with Crippen LogP contribution in [0.1, 0.15) is 47.3 Å². The Labute approximate surface area is 183 Å². The molecule has 2 N–H and O–H groups in total. The zero-order valence-corrected chi connectivity index (χ0v) is 18.0. The molecule has 3 aromatic rings. The van der Waals surface area contributed by atoms with Crippen LogP contribution >= 0.6 is 0 Å². The molecule has 0 spiro atoms. The van der Waals surface area contributed by atoms with Crippen molar-refractivity contribution in [2.24, 2.45) is 11.1 Å². The van der Waals surface area contributed by atoms with Crippen LogP contribution in [0.3, 0.4) is 0 Å². The van der Waals surface area contributed by atoms with Gasteiger partial charge in [0, 0.05) is 48.8 Å². The molecule has 1 saturated carbocycles. The normalized spacial score (nSPS) is 20.9. The first-order valence-corrected chi connectivity index (χ1v) is 10.9. The van der Waals surface area contributed by atoms with Gasteiger partial charge in [-0.05, 0) is 36.1 Å². The fraction of sp³-hybridized carbons (Fsp3) is 0.308. The molecule has 0 aliphatic heterocycles. The average Bonchev–Trinajstić information content (AvgIpc) is 3.19. The second kappa shape index (κ2) is 7.73. The number of fused-ring (bicyclic) bond motifs is 1. The van der Waals surface area contributed by atoms with E-state index in [1.165, 1.54) is 23.2 Å². The summed E-state index contributed by atoms with van der Waals surface area (Å²) < 4.78 is 0. The molecule has 5 nitrogen and oxygen atoms in total. The molecule has 0 bridgehead atoms. The minimum Gasteiger partial charge on any atom is -0.411 e. The van der Waals surface area contributed by atoms with E-state index in [2.05, 4.69) is 101 Å². The van der Waals surface area contributed by atoms with Crippen molar-refractivity contribution in [3.05, 3.63) is 88.8 Å². The highest BCUT2D eigenvalue weighted by molar-refractivity contribution is 6.04. The minimum atomic E-state index is -0.295. The molecule has 2 aliphatic carbocycles. The predicted octanol–water partition coefficient (Wildman–Crippen LogP) is 5.01. The van der Waals surface area contributed by atoms with Crippen molar-refractivity contribution < 1.29 is 5.21 Å². The summed E-state index contributed by atoms with van der Waals surface area (Å²) in [5.41, 5.74) is 7.02. The van der Waals surface area contributed by atoms with E-state index in [0.717, 1.165) is 41.9 Å². The predicted molar refractivity (Wildman–Crippen MR) is 125 cm³/mol. The van der Waals surface area contributed by atoms with E-state index in [9.17, 15) is 5.21 Å². The molecule has 1 unspecified atom stereocenters. The van der Waals surface area contributed by atoms with Gasteiger partial charge in [-0.2, -0.15) is 5.10 Å². The Kier molecular flexibility index (Phi) is 4.89. The van der Waals surface area contributed by atoms with E-state index in [1.807, 2.05) is 0 Å². The number of anilines is 1. The summed E-state index contributed by atoms with van der Waals surface area (Å²) in [6.45, 7) is 0. The number of allylic oxidation sites excluding steroid dienone is 1. The first kappa shape index (κ1) is 19.6. The highest BCUT2D eigenvalue weighted by Gasteiger charge is 2.38. The van der Waals surface area contributed by atoms with Crippen LogP contribution in [0.25, 0.3) is 6.08 Å². The smallest absolute Gasteiger partial charge is 0.117 e. The number of oxime groups is 1. The zero-order valence-electron chi connectivity index (χ0n) is 18.0. The molecule has 2 aliphatic rings. The highest BCUT2D eigenvalue weighted by Crippen LogP contribution is 2.43. The van der Waals surface area contributed by atoms with E-state index in [4.69, 9.17) is 0 Å². The molecule has 0 amide bonds. The Morgan fingerprint density at radius 3 is 2.55 bits per heavy atom. The molecular weight excluding hydrogens is 384 g/mol. The molecule has 1 aromatic heterocycles. The van der Waals surface area contributed by atoms with Crippen molar-refractivity contribution in [1.29, 1.82) is 0 Å². The lowest BCUT2D eigenvalue weighted by molar-refractivity contribution is 0.305. The van der Waals surface area contributed by atoms with Crippen LogP contribution in [0.5, 0.6) is 0 Å². The second-order valence-corrected chi connectivity index (χ2v) is 8.87. The summed E-state index contributed by atoms with van der Waals surface area (Å²) in [4.78, 5) is 2.14. The van der Waals surface area contributed by atoms with Crippen molar-refractivity contribution in [1.82, 2.24) is 10.2 Å². The van der Waals surface area contributed by atoms with Crippen LogP contribution < -0.4 is 4.90 Å². The number of nitrogens with zero attached hydrogens (tertiary/aromatic N) is 3. The lowest BCUT2D eigenvalue weighted by Crippen LogP contribution is -2.31. The summed E-state index contributed by atoms with van der Waals surface area (Å²) in [6, 6.07) is 19.4. The van der Waals surface area contributed by atoms with Gasteiger partial charge in [-0.25, -0.2) is 0 Å². The van der Waals surface area contributed by atoms with Crippen molar-refractivity contribution >= 4 is 17.5 Å². The third-order valence-electron chi connectivity index (χ3n) is 6.88. The molecule has 5 rings (SSSR count). The van der Waals surface area contributed by atoms with Crippen LogP contribution in [-0.2, 0) is 11.8 Å². The lowest BCUT2D eigenvalue weighted by Gasteiger charge is -2.35. The Morgan fingerprint density at radius 1 is 1.10 bits per heavy atom. The van der Waals surface area contributed by atoms with E-state index in [0.29, 0.717) is 5.92 Å². The highest BCUT2D eigenvalue weighted by atomic mass is 16.4. The van der Waals surface area contributed by atoms with Gasteiger partial charge in [-0.15, -0.1) is 0 Å². The van der Waals surface area contributed by atoms with Crippen LogP contribution in [0, 0.1) is 5.92 Å². The Morgan fingerprint density at radius 2 is 1.87 bits per heavy atom. The maximum Gasteiger partial charge on any atom is 0.117 e. The van der Waals surface area contributed by atoms with Gasteiger partial charge < -0.3 is 10.1 Å². The van der Waals surface area contributed by atoms with Crippen molar-refractivity contribution in [2.75, 3.05) is 19.0 Å². The van der Waals surface area contributed by atoms with Crippen LogP contribution in [-0.4, -0.2) is 35.2 Å². The van der Waals surface area contributed by atoms with Gasteiger partial charge in [-0.3, -0.25) is 5.10 Å². The molecule has 5 heteroatoms. The van der Waals surface area contributed by atoms with E-state index < -0.39 is 0 Å². The summed E-state index contributed by atoms with van der Waals surface area (Å²) in [7, 11) is 4.14. The SMILES string of the molecule is CN(C)c1cccc(C2(c3ccccc3)C=Cc3c(/C(=N/O)C4CCC4)n[nH]c3C2)c1. The zero-order chi connectivity index (χ0) is 21.4. The van der Waals surface area contributed by atoms with Crippen LogP contribution in [0.2, 0.25) is 0 Å². The van der Waals surface area contributed by atoms with Gasteiger partial charge in [0.25, 0.3) is 0 Å². The molecule has 1 fully saturated rings. The molecule has 2 aromatic carbocycles. The van der Waals surface area contributed by atoms with Gasteiger partial charge in [0.05, 0.1) is 0 Å². The molecule has 31 heavy (non-hydrogen) atoms. The van der Waals surface area contributed by atoms with E-state index in [1.54, 1.807) is 0 Å². The Hall–Kier alpha value is -3.34.